The molecule has 7 nitrogen and oxygen atoms in total. The zero-order valence-corrected chi connectivity index (χ0v) is 14.9. The van der Waals surface area contributed by atoms with Gasteiger partial charge in [0.25, 0.3) is 0 Å². The van der Waals surface area contributed by atoms with Gasteiger partial charge in [-0.3, -0.25) is 9.69 Å². The summed E-state index contributed by atoms with van der Waals surface area (Å²) in [6.45, 7) is 8.73. The first-order valence-electron chi connectivity index (χ1n) is 7.79. The molecular weight excluding hydrogens is 306 g/mol. The number of sulfonamides is 1. The predicted molar refractivity (Wildman–Crippen MR) is 86.1 cm³/mol. The quantitative estimate of drug-likeness (QED) is 0.661. The average molecular weight is 335 g/mol. The molecule has 22 heavy (non-hydrogen) atoms. The summed E-state index contributed by atoms with van der Waals surface area (Å²) in [4.78, 5) is 13.5. The maximum atomic E-state index is 12.4. The zero-order valence-electron chi connectivity index (χ0n) is 14.0. The van der Waals surface area contributed by atoms with E-state index in [1.54, 1.807) is 7.11 Å². The second-order valence-corrected chi connectivity index (χ2v) is 7.94. The van der Waals surface area contributed by atoms with Gasteiger partial charge in [-0.15, -0.1) is 0 Å². The van der Waals surface area contributed by atoms with E-state index < -0.39 is 10.0 Å². The first-order chi connectivity index (χ1) is 10.3. The van der Waals surface area contributed by atoms with Gasteiger partial charge in [0.2, 0.25) is 15.9 Å². The van der Waals surface area contributed by atoms with Crippen LogP contribution in [0.15, 0.2) is 0 Å². The molecule has 1 atom stereocenters. The molecule has 8 heteroatoms. The predicted octanol–water partition coefficient (Wildman–Crippen LogP) is -0.259. The first-order valence-corrected chi connectivity index (χ1v) is 9.40. The maximum Gasteiger partial charge on any atom is 0.234 e. The highest BCUT2D eigenvalue weighted by atomic mass is 32.2. The Hall–Kier alpha value is -0.700. The zero-order chi connectivity index (χ0) is 16.8. The van der Waals surface area contributed by atoms with Crippen molar-refractivity contribution in [2.45, 2.75) is 26.9 Å². The largest absolute Gasteiger partial charge is 0.380 e. The molecule has 1 aliphatic heterocycles. The van der Waals surface area contributed by atoms with Crippen molar-refractivity contribution in [3.05, 3.63) is 0 Å². The van der Waals surface area contributed by atoms with Gasteiger partial charge < -0.3 is 10.1 Å². The third-order valence-corrected chi connectivity index (χ3v) is 5.79. The average Bonchev–Trinajstić information content (AvgIpc) is 2.45. The molecule has 1 saturated heterocycles. The van der Waals surface area contributed by atoms with Crippen LogP contribution in [0.25, 0.3) is 0 Å². The number of rotatable bonds is 8. The molecule has 0 spiro atoms. The van der Waals surface area contributed by atoms with Gasteiger partial charge in [0.05, 0.1) is 18.4 Å². The lowest BCUT2D eigenvalue weighted by molar-refractivity contribution is -0.122. The van der Waals surface area contributed by atoms with E-state index in [4.69, 9.17) is 4.74 Å². The minimum absolute atomic E-state index is 0.0114. The third-order valence-electron chi connectivity index (χ3n) is 3.89. The van der Waals surface area contributed by atoms with Crippen molar-refractivity contribution in [1.82, 2.24) is 14.5 Å². The fourth-order valence-electron chi connectivity index (χ4n) is 2.47. The van der Waals surface area contributed by atoms with Crippen molar-refractivity contribution in [2.75, 3.05) is 52.1 Å². The summed E-state index contributed by atoms with van der Waals surface area (Å²) in [5.74, 6) is 0.147. The highest BCUT2D eigenvalue weighted by Gasteiger charge is 2.30. The molecule has 1 heterocycles. The van der Waals surface area contributed by atoms with Crippen LogP contribution in [0.5, 0.6) is 0 Å². The van der Waals surface area contributed by atoms with Gasteiger partial charge >= 0.3 is 0 Å². The number of carbonyl (C=O) groups excluding carboxylic acids is 1. The van der Waals surface area contributed by atoms with Gasteiger partial charge in [0, 0.05) is 39.8 Å². The van der Waals surface area contributed by atoms with Crippen molar-refractivity contribution in [3.63, 3.8) is 0 Å². The highest BCUT2D eigenvalue weighted by molar-refractivity contribution is 7.89. The lowest BCUT2D eigenvalue weighted by Crippen LogP contribution is -2.52. The summed E-state index contributed by atoms with van der Waals surface area (Å²) < 4.78 is 31.7. The number of nitrogens with one attached hydrogen (secondary N) is 1. The topological polar surface area (TPSA) is 79.0 Å². The molecule has 0 saturated carbocycles. The summed E-state index contributed by atoms with van der Waals surface area (Å²) in [7, 11) is -1.77. The Bertz CT molecular complexity index is 445. The molecule has 1 fully saturated rings. The molecule has 0 aromatic rings. The van der Waals surface area contributed by atoms with E-state index in [0.29, 0.717) is 39.3 Å². The van der Waals surface area contributed by atoms with Crippen LogP contribution in [0.4, 0.5) is 0 Å². The normalized spacial score (nSPS) is 19.3. The number of hydrogen-bond acceptors (Lipinski definition) is 5. The second-order valence-electron chi connectivity index (χ2n) is 5.93. The summed E-state index contributed by atoms with van der Waals surface area (Å²) in [5.41, 5.74) is 0. The number of likely N-dealkylation sites (N-methyl/N-ethyl adjacent to an activating group) is 1. The second kappa shape index (κ2) is 8.81. The molecule has 0 bridgehead atoms. The Morgan fingerprint density at radius 3 is 2.27 bits per heavy atom. The summed E-state index contributed by atoms with van der Waals surface area (Å²) in [6.07, 6.45) is -0.293. The highest BCUT2D eigenvalue weighted by Crippen LogP contribution is 2.14. The lowest BCUT2D eigenvalue weighted by atomic mass is 10.1. The van der Waals surface area contributed by atoms with E-state index in [2.05, 4.69) is 5.32 Å². The van der Waals surface area contributed by atoms with Crippen molar-refractivity contribution < 1.29 is 17.9 Å². The fraction of sp³-hybridized carbons (Fsp3) is 0.929. The van der Waals surface area contributed by atoms with Gasteiger partial charge in [0.1, 0.15) is 0 Å². The van der Waals surface area contributed by atoms with Crippen LogP contribution in [0.2, 0.25) is 0 Å². The SMILES string of the molecule is CCNC(=O)CN1CCN(S(=O)(=O)CC(OC)C(C)C)CC1. The van der Waals surface area contributed by atoms with Gasteiger partial charge in [-0.1, -0.05) is 13.8 Å². The molecular formula is C14H29N3O4S. The summed E-state index contributed by atoms with van der Waals surface area (Å²) in [6, 6.07) is 0. The molecule has 1 rings (SSSR count). The van der Waals surface area contributed by atoms with Crippen LogP contribution in [-0.2, 0) is 19.6 Å². The molecule has 1 N–H and O–H groups in total. The maximum absolute atomic E-state index is 12.4. The van der Waals surface area contributed by atoms with Gasteiger partial charge in [-0.05, 0) is 12.8 Å². The number of methoxy groups -OCH3 is 1. The molecule has 0 aliphatic carbocycles. The van der Waals surface area contributed by atoms with Crippen LogP contribution in [-0.4, -0.2) is 81.8 Å². The van der Waals surface area contributed by atoms with E-state index in [0.717, 1.165) is 0 Å². The van der Waals surface area contributed by atoms with Gasteiger partial charge in [-0.2, -0.15) is 4.31 Å². The molecule has 1 amide bonds. The molecule has 0 aromatic heterocycles. The number of piperazine rings is 1. The Morgan fingerprint density at radius 2 is 1.82 bits per heavy atom. The van der Waals surface area contributed by atoms with E-state index >= 15 is 0 Å². The lowest BCUT2D eigenvalue weighted by Gasteiger charge is -2.34. The molecule has 0 radical (unpaired) electrons. The van der Waals surface area contributed by atoms with E-state index in [9.17, 15) is 13.2 Å². The molecule has 0 aromatic carbocycles. The van der Waals surface area contributed by atoms with E-state index in [1.807, 2.05) is 25.7 Å². The van der Waals surface area contributed by atoms with Crippen LogP contribution in [0.1, 0.15) is 20.8 Å². The Morgan fingerprint density at radius 1 is 1.23 bits per heavy atom. The number of hydrogen-bond donors (Lipinski definition) is 1. The van der Waals surface area contributed by atoms with Crippen LogP contribution in [0, 0.1) is 5.92 Å². The Balaban J connectivity index is 2.50. The standard InChI is InChI=1S/C14H29N3O4S/c1-5-15-14(18)10-16-6-8-17(9-7-16)22(19,20)11-13(21-4)12(2)3/h12-13H,5-11H2,1-4H3,(H,15,18). The van der Waals surface area contributed by atoms with Crippen LogP contribution >= 0.6 is 0 Å². The van der Waals surface area contributed by atoms with Crippen LogP contribution < -0.4 is 5.32 Å². The van der Waals surface area contributed by atoms with Gasteiger partial charge in [0.15, 0.2) is 0 Å². The van der Waals surface area contributed by atoms with Crippen LogP contribution in [0.3, 0.4) is 0 Å². The van der Waals surface area contributed by atoms with Crippen molar-refractivity contribution in [1.29, 1.82) is 0 Å². The monoisotopic (exact) mass is 335 g/mol. The van der Waals surface area contributed by atoms with E-state index in [-0.39, 0.29) is 23.7 Å². The van der Waals surface area contributed by atoms with Crippen molar-refractivity contribution in [2.24, 2.45) is 5.92 Å². The third kappa shape index (κ3) is 5.83. The fourth-order valence-corrected chi connectivity index (χ4v) is 4.33. The minimum Gasteiger partial charge on any atom is -0.380 e. The summed E-state index contributed by atoms with van der Waals surface area (Å²) >= 11 is 0. The van der Waals surface area contributed by atoms with Gasteiger partial charge in [-0.25, -0.2) is 8.42 Å². The minimum atomic E-state index is -3.32. The Kier molecular flexibility index (Phi) is 7.75. The molecule has 1 unspecified atom stereocenters. The molecule has 1 aliphatic rings. The smallest absolute Gasteiger partial charge is 0.234 e. The molecule has 130 valence electrons. The van der Waals surface area contributed by atoms with Crippen molar-refractivity contribution >= 4 is 15.9 Å². The number of amides is 1. The number of carbonyl (C=O) groups is 1. The number of ether oxygens (including phenoxy) is 1. The van der Waals surface area contributed by atoms with Crippen molar-refractivity contribution in [3.8, 4) is 0 Å². The van der Waals surface area contributed by atoms with E-state index in [1.165, 1.54) is 4.31 Å². The number of nitrogens with zero attached hydrogens (tertiary/aromatic N) is 2. The summed E-state index contributed by atoms with van der Waals surface area (Å²) in [5, 5.41) is 2.75. The Labute approximate surface area is 134 Å². The first kappa shape index (κ1) is 19.3.